The molecule has 1 aliphatic rings. The van der Waals surface area contributed by atoms with Gasteiger partial charge >= 0.3 is 0 Å². The van der Waals surface area contributed by atoms with Gasteiger partial charge in [-0.3, -0.25) is 4.79 Å². The van der Waals surface area contributed by atoms with Gasteiger partial charge in [0.15, 0.2) is 0 Å². The van der Waals surface area contributed by atoms with Gasteiger partial charge in [0.05, 0.1) is 15.5 Å². The van der Waals surface area contributed by atoms with Crippen molar-refractivity contribution in [2.24, 2.45) is 0 Å². The third-order valence-electron chi connectivity index (χ3n) is 5.27. The van der Waals surface area contributed by atoms with Crippen LogP contribution in [0.5, 0.6) is 0 Å². The van der Waals surface area contributed by atoms with Crippen LogP contribution in [0.1, 0.15) is 29.8 Å². The van der Waals surface area contributed by atoms with E-state index in [1.54, 1.807) is 18.7 Å². The van der Waals surface area contributed by atoms with Crippen molar-refractivity contribution in [2.45, 2.75) is 25.3 Å². The summed E-state index contributed by atoms with van der Waals surface area (Å²) in [5.74, 6) is -0.267. The number of carbonyl (C=O) groups excluding carboxylic acids is 1. The minimum absolute atomic E-state index is 0.0845. The summed E-state index contributed by atoms with van der Waals surface area (Å²) in [6.07, 6.45) is 0. The van der Waals surface area contributed by atoms with Crippen molar-refractivity contribution in [2.75, 3.05) is 38.1 Å². The monoisotopic (exact) mass is 435 g/mol. The zero-order chi connectivity index (χ0) is 21.2. The largest absolute Gasteiger partial charge is 0.373 e. The van der Waals surface area contributed by atoms with Gasteiger partial charge in [-0.25, -0.2) is 8.42 Å². The number of benzene rings is 2. The van der Waals surface area contributed by atoms with Crippen LogP contribution in [0, 0.1) is 0 Å². The van der Waals surface area contributed by atoms with Crippen LogP contribution in [0.25, 0.3) is 0 Å². The molecular formula is C21H26ClN3O3S. The first-order valence-corrected chi connectivity index (χ1v) is 11.5. The fourth-order valence-electron chi connectivity index (χ4n) is 3.58. The van der Waals surface area contributed by atoms with Gasteiger partial charge in [0.2, 0.25) is 10.0 Å². The van der Waals surface area contributed by atoms with Crippen LogP contribution in [-0.2, 0) is 16.6 Å². The van der Waals surface area contributed by atoms with Gasteiger partial charge in [0.1, 0.15) is 0 Å². The molecule has 2 aromatic rings. The van der Waals surface area contributed by atoms with E-state index in [-0.39, 0.29) is 21.4 Å². The summed E-state index contributed by atoms with van der Waals surface area (Å²) in [5.41, 5.74) is 2.34. The van der Waals surface area contributed by atoms with Gasteiger partial charge < -0.3 is 9.80 Å². The van der Waals surface area contributed by atoms with Crippen molar-refractivity contribution >= 4 is 33.2 Å². The quantitative estimate of drug-likeness (QED) is 0.721. The van der Waals surface area contributed by atoms with Crippen LogP contribution in [0.15, 0.2) is 47.4 Å². The lowest BCUT2D eigenvalue weighted by Crippen LogP contribution is -2.35. The highest BCUT2D eigenvalue weighted by Crippen LogP contribution is 2.28. The van der Waals surface area contributed by atoms with E-state index in [1.807, 2.05) is 31.3 Å². The molecule has 29 heavy (non-hydrogen) atoms. The normalized spacial score (nSPS) is 14.7. The maximum absolute atomic E-state index is 13.3. The number of carbonyl (C=O) groups is 1. The Balaban J connectivity index is 1.96. The number of nitrogens with zero attached hydrogens (tertiary/aromatic N) is 3. The smallest absolute Gasteiger partial charge is 0.255 e. The molecule has 0 spiro atoms. The van der Waals surface area contributed by atoms with Crippen LogP contribution in [-0.4, -0.2) is 56.8 Å². The Bertz CT molecular complexity index is 1010. The number of sulfonamides is 1. The highest BCUT2D eigenvalue weighted by molar-refractivity contribution is 7.89. The highest BCUT2D eigenvalue weighted by atomic mass is 35.5. The van der Waals surface area contributed by atoms with E-state index in [0.717, 1.165) is 11.3 Å². The highest BCUT2D eigenvalue weighted by Gasteiger charge is 2.27. The number of fused-ring (bicyclic) bond motifs is 1. The first kappa shape index (κ1) is 21.6. The molecule has 0 bridgehead atoms. The Morgan fingerprint density at radius 2 is 1.79 bits per heavy atom. The SMILES string of the molecule is CCN(CC)S(=O)(=O)c1ccc(Cl)c(C(=O)N2CCN(C)c3ccccc3C2)c1. The Labute approximate surface area is 177 Å². The van der Waals surface area contributed by atoms with Gasteiger partial charge in [0, 0.05) is 45.5 Å². The predicted molar refractivity (Wildman–Crippen MR) is 116 cm³/mol. The molecule has 1 aliphatic heterocycles. The minimum atomic E-state index is -3.67. The summed E-state index contributed by atoms with van der Waals surface area (Å²) in [6, 6.07) is 12.3. The lowest BCUT2D eigenvalue weighted by molar-refractivity contribution is 0.0751. The number of amides is 1. The predicted octanol–water partition coefficient (Wildman–Crippen LogP) is 3.46. The lowest BCUT2D eigenvalue weighted by atomic mass is 10.1. The summed E-state index contributed by atoms with van der Waals surface area (Å²) in [5, 5.41) is 0.249. The summed E-state index contributed by atoms with van der Waals surface area (Å²) in [4.78, 5) is 17.2. The second kappa shape index (κ2) is 8.73. The molecule has 1 heterocycles. The van der Waals surface area contributed by atoms with Gasteiger partial charge in [-0.05, 0) is 29.8 Å². The Hall–Kier alpha value is -2.09. The molecule has 0 N–H and O–H groups in total. The number of halogens is 1. The number of hydrogen-bond acceptors (Lipinski definition) is 4. The fourth-order valence-corrected chi connectivity index (χ4v) is 5.26. The average molecular weight is 436 g/mol. The molecular weight excluding hydrogens is 410 g/mol. The van der Waals surface area contributed by atoms with Crippen LogP contribution in [0.3, 0.4) is 0 Å². The molecule has 0 unspecified atom stereocenters. The molecule has 0 radical (unpaired) electrons. The van der Waals surface area contributed by atoms with Crippen molar-refractivity contribution in [3.63, 3.8) is 0 Å². The third-order valence-corrected chi connectivity index (χ3v) is 7.64. The number of likely N-dealkylation sites (N-methyl/N-ethyl adjacent to an activating group) is 1. The Kier molecular flexibility index (Phi) is 6.51. The summed E-state index contributed by atoms with van der Waals surface area (Å²) >= 11 is 6.31. The van der Waals surface area contributed by atoms with Crippen molar-refractivity contribution in [3.05, 3.63) is 58.6 Å². The molecule has 0 saturated carbocycles. The topological polar surface area (TPSA) is 60.9 Å². The molecule has 0 fully saturated rings. The van der Waals surface area contributed by atoms with Crippen molar-refractivity contribution in [1.82, 2.24) is 9.21 Å². The molecule has 0 aliphatic carbocycles. The molecule has 3 rings (SSSR count). The maximum atomic E-state index is 13.3. The summed E-state index contributed by atoms with van der Waals surface area (Å²) in [7, 11) is -1.68. The second-order valence-corrected chi connectivity index (χ2v) is 9.35. The molecule has 0 atom stereocenters. The minimum Gasteiger partial charge on any atom is -0.373 e. The molecule has 6 nitrogen and oxygen atoms in total. The lowest BCUT2D eigenvalue weighted by Gasteiger charge is -2.23. The van der Waals surface area contributed by atoms with Gasteiger partial charge in [-0.15, -0.1) is 0 Å². The van der Waals surface area contributed by atoms with E-state index in [0.29, 0.717) is 32.7 Å². The van der Waals surface area contributed by atoms with Crippen LogP contribution in [0.2, 0.25) is 5.02 Å². The van der Waals surface area contributed by atoms with Gasteiger partial charge in [-0.2, -0.15) is 4.31 Å². The van der Waals surface area contributed by atoms with Crippen molar-refractivity contribution < 1.29 is 13.2 Å². The Morgan fingerprint density at radius 1 is 1.10 bits per heavy atom. The van der Waals surface area contributed by atoms with E-state index < -0.39 is 10.0 Å². The maximum Gasteiger partial charge on any atom is 0.255 e. The number of para-hydroxylation sites is 1. The summed E-state index contributed by atoms with van der Waals surface area (Å²) in [6.45, 7) is 5.94. The first-order valence-electron chi connectivity index (χ1n) is 9.67. The van der Waals surface area contributed by atoms with Crippen molar-refractivity contribution in [1.29, 1.82) is 0 Å². The molecule has 0 saturated heterocycles. The van der Waals surface area contributed by atoms with E-state index in [4.69, 9.17) is 11.6 Å². The molecule has 1 amide bonds. The van der Waals surface area contributed by atoms with E-state index in [9.17, 15) is 13.2 Å². The molecule has 0 aromatic heterocycles. The third kappa shape index (κ3) is 4.27. The van der Waals surface area contributed by atoms with Gasteiger partial charge in [-0.1, -0.05) is 43.6 Å². The van der Waals surface area contributed by atoms with E-state index in [1.165, 1.54) is 22.5 Å². The zero-order valence-corrected chi connectivity index (χ0v) is 18.5. The molecule has 2 aromatic carbocycles. The molecule has 156 valence electrons. The van der Waals surface area contributed by atoms with E-state index >= 15 is 0 Å². The van der Waals surface area contributed by atoms with Crippen LogP contribution in [0.4, 0.5) is 5.69 Å². The standard InChI is InChI=1S/C21H26ClN3O3S/c1-4-25(5-2)29(27,28)17-10-11-19(22)18(14-17)21(26)24-13-12-23(3)20-9-7-6-8-16(20)15-24/h6-11,14H,4-5,12-13,15H2,1-3H3. The number of rotatable bonds is 5. The fraction of sp³-hybridized carbons (Fsp3) is 0.381. The Morgan fingerprint density at radius 3 is 2.48 bits per heavy atom. The second-order valence-electron chi connectivity index (χ2n) is 7.01. The average Bonchev–Trinajstić information content (AvgIpc) is 2.87. The van der Waals surface area contributed by atoms with Crippen LogP contribution < -0.4 is 4.90 Å². The summed E-state index contributed by atoms with van der Waals surface area (Å²) < 4.78 is 27.1. The first-order chi connectivity index (χ1) is 13.8. The number of hydrogen-bond donors (Lipinski definition) is 0. The van der Waals surface area contributed by atoms with Gasteiger partial charge in [0.25, 0.3) is 5.91 Å². The molecule has 8 heteroatoms. The zero-order valence-electron chi connectivity index (χ0n) is 16.9. The number of anilines is 1. The van der Waals surface area contributed by atoms with Crippen LogP contribution >= 0.6 is 11.6 Å². The van der Waals surface area contributed by atoms with E-state index in [2.05, 4.69) is 4.90 Å². The van der Waals surface area contributed by atoms with Crippen molar-refractivity contribution in [3.8, 4) is 0 Å².